The maximum Gasteiger partial charge on any atom is 0.272 e. The molecule has 34 heavy (non-hydrogen) atoms. The molecule has 0 saturated carbocycles. The molecule has 0 bridgehead atoms. The Morgan fingerprint density at radius 1 is 1.12 bits per heavy atom. The van der Waals surface area contributed by atoms with E-state index in [2.05, 4.69) is 5.32 Å². The fraction of sp³-hybridized carbons (Fsp3) is 0.240. The molecule has 0 fully saturated rings. The van der Waals surface area contributed by atoms with Gasteiger partial charge in [0.2, 0.25) is 5.91 Å². The van der Waals surface area contributed by atoms with Gasteiger partial charge in [0, 0.05) is 0 Å². The highest BCUT2D eigenvalue weighted by atomic mass is 32.2. The molecule has 9 heteroatoms. The highest BCUT2D eigenvalue weighted by Crippen LogP contribution is 2.29. The minimum Gasteiger partial charge on any atom is -0.497 e. The molecule has 2 aromatic carbocycles. The van der Waals surface area contributed by atoms with Crippen LogP contribution in [0.3, 0.4) is 0 Å². The minimum atomic E-state index is -0.449. The molecule has 0 saturated heterocycles. The molecular weight excluding hydrogens is 470 g/mol. The van der Waals surface area contributed by atoms with E-state index in [0.717, 1.165) is 11.3 Å². The lowest BCUT2D eigenvalue weighted by molar-refractivity contribution is -0.115. The van der Waals surface area contributed by atoms with Crippen molar-refractivity contribution in [2.75, 3.05) is 19.5 Å². The number of aromatic nitrogens is 2. The number of nitrogens with one attached hydrogen (secondary N) is 1. The van der Waals surface area contributed by atoms with Crippen LogP contribution in [0.5, 0.6) is 11.5 Å². The lowest BCUT2D eigenvalue weighted by atomic mass is 10.2. The number of amides is 1. The molecular formula is C25H25N3O4S2. The minimum absolute atomic E-state index is 0.113. The average Bonchev–Trinajstić information content (AvgIpc) is 3.34. The summed E-state index contributed by atoms with van der Waals surface area (Å²) >= 11 is 2.67. The zero-order chi connectivity index (χ0) is 24.1. The third-order valence-corrected chi connectivity index (χ3v) is 7.55. The number of para-hydroxylation sites is 2. The zero-order valence-corrected chi connectivity index (χ0v) is 20.7. The van der Waals surface area contributed by atoms with Crippen molar-refractivity contribution in [3.05, 3.63) is 75.9 Å². The van der Waals surface area contributed by atoms with Gasteiger partial charge in [0.1, 0.15) is 16.2 Å². The van der Waals surface area contributed by atoms with Crippen LogP contribution in [-0.2, 0) is 11.3 Å². The first-order valence-electron chi connectivity index (χ1n) is 10.8. The van der Waals surface area contributed by atoms with Crippen LogP contribution in [0.1, 0.15) is 18.9 Å². The number of carbonyl (C=O) groups is 1. The summed E-state index contributed by atoms with van der Waals surface area (Å²) in [7, 11) is 3.18. The fourth-order valence-electron chi connectivity index (χ4n) is 3.48. The molecule has 0 spiro atoms. The highest BCUT2D eigenvalue weighted by Gasteiger charge is 2.23. The second-order valence-electron chi connectivity index (χ2n) is 7.47. The van der Waals surface area contributed by atoms with Gasteiger partial charge in [-0.05, 0) is 47.7 Å². The maximum atomic E-state index is 13.3. The van der Waals surface area contributed by atoms with Crippen molar-refractivity contribution in [1.82, 2.24) is 9.55 Å². The van der Waals surface area contributed by atoms with Crippen molar-refractivity contribution < 1.29 is 14.3 Å². The largest absolute Gasteiger partial charge is 0.497 e. The van der Waals surface area contributed by atoms with Crippen LogP contribution in [-0.4, -0.2) is 34.9 Å². The molecule has 0 aliphatic rings. The third-order valence-electron chi connectivity index (χ3n) is 5.31. The molecule has 0 aliphatic heterocycles. The van der Waals surface area contributed by atoms with Gasteiger partial charge >= 0.3 is 0 Å². The highest BCUT2D eigenvalue weighted by molar-refractivity contribution is 8.00. The third kappa shape index (κ3) is 5.10. The average molecular weight is 496 g/mol. The Morgan fingerprint density at radius 3 is 2.59 bits per heavy atom. The van der Waals surface area contributed by atoms with Crippen LogP contribution in [0.4, 0.5) is 5.69 Å². The molecule has 1 N–H and O–H groups in total. The van der Waals surface area contributed by atoms with Crippen molar-refractivity contribution in [1.29, 1.82) is 0 Å². The predicted octanol–water partition coefficient (Wildman–Crippen LogP) is 5.03. The molecule has 4 aromatic rings. The monoisotopic (exact) mass is 495 g/mol. The number of rotatable bonds is 9. The van der Waals surface area contributed by atoms with Crippen LogP contribution in [0, 0.1) is 0 Å². The number of benzene rings is 2. The number of hydrogen-bond donors (Lipinski definition) is 1. The van der Waals surface area contributed by atoms with E-state index >= 15 is 0 Å². The molecule has 0 radical (unpaired) electrons. The molecule has 0 unspecified atom stereocenters. The summed E-state index contributed by atoms with van der Waals surface area (Å²) in [5.41, 5.74) is 2.07. The number of nitrogens with zero attached hydrogens (tertiary/aromatic N) is 2. The first-order chi connectivity index (χ1) is 16.5. The summed E-state index contributed by atoms with van der Waals surface area (Å²) in [4.78, 5) is 31.2. The van der Waals surface area contributed by atoms with E-state index in [1.807, 2.05) is 54.8 Å². The van der Waals surface area contributed by atoms with Gasteiger partial charge in [-0.25, -0.2) is 4.98 Å². The molecule has 7 nitrogen and oxygen atoms in total. The normalized spacial score (nSPS) is 11.9. The Morgan fingerprint density at radius 2 is 1.88 bits per heavy atom. The molecule has 2 aromatic heterocycles. The standard InChI is InChI=1S/C25H25N3O4S2/c1-4-21(23(29)26-18-7-5-6-8-20(18)32-3)34-25-27-19-13-14-33-22(19)24(30)28(25)15-16-9-11-17(31-2)12-10-16/h5-14,21H,4,15H2,1-3H3,(H,26,29)/t21-/m0/s1. The van der Waals surface area contributed by atoms with Crippen molar-refractivity contribution >= 4 is 44.9 Å². The quantitative estimate of drug-likeness (QED) is 0.259. The SMILES string of the molecule is CC[C@H](Sc1nc2ccsc2c(=O)n1Cc1ccc(OC)cc1)C(=O)Nc1ccccc1OC. The molecule has 176 valence electrons. The molecule has 0 aliphatic carbocycles. The van der Waals surface area contributed by atoms with Gasteiger partial charge in [0.05, 0.1) is 37.2 Å². The predicted molar refractivity (Wildman–Crippen MR) is 138 cm³/mol. The number of anilines is 1. The Balaban J connectivity index is 1.65. The number of fused-ring (bicyclic) bond motifs is 1. The van der Waals surface area contributed by atoms with Crippen molar-refractivity contribution in [3.8, 4) is 11.5 Å². The van der Waals surface area contributed by atoms with E-state index in [0.29, 0.717) is 39.8 Å². The van der Waals surface area contributed by atoms with Crippen LogP contribution in [0.25, 0.3) is 10.2 Å². The van der Waals surface area contributed by atoms with E-state index in [-0.39, 0.29) is 11.5 Å². The van der Waals surface area contributed by atoms with Crippen molar-refractivity contribution in [2.24, 2.45) is 0 Å². The number of methoxy groups -OCH3 is 2. The lowest BCUT2D eigenvalue weighted by Crippen LogP contribution is -2.28. The van der Waals surface area contributed by atoms with Gasteiger partial charge in [-0.3, -0.25) is 14.2 Å². The molecule has 1 amide bonds. The van der Waals surface area contributed by atoms with Gasteiger partial charge in [-0.2, -0.15) is 0 Å². The van der Waals surface area contributed by atoms with Crippen molar-refractivity contribution in [2.45, 2.75) is 30.3 Å². The van der Waals surface area contributed by atoms with E-state index in [1.165, 1.54) is 23.1 Å². The summed E-state index contributed by atoms with van der Waals surface area (Å²) in [6.07, 6.45) is 0.561. The summed E-state index contributed by atoms with van der Waals surface area (Å²) in [6.45, 7) is 2.28. The number of thiophene rings is 1. The smallest absolute Gasteiger partial charge is 0.272 e. The first-order valence-corrected chi connectivity index (χ1v) is 12.5. The Hall–Kier alpha value is -3.30. The van der Waals surface area contributed by atoms with Gasteiger partial charge < -0.3 is 14.8 Å². The Bertz CT molecular complexity index is 1350. The number of carbonyl (C=O) groups excluding carboxylic acids is 1. The van der Waals surface area contributed by atoms with E-state index in [1.54, 1.807) is 30.9 Å². The molecule has 1 atom stereocenters. The van der Waals surface area contributed by atoms with Gasteiger partial charge in [0.25, 0.3) is 5.56 Å². The van der Waals surface area contributed by atoms with E-state index in [4.69, 9.17) is 14.5 Å². The summed E-state index contributed by atoms with van der Waals surface area (Å²) in [5, 5.41) is 4.87. The van der Waals surface area contributed by atoms with Crippen LogP contribution in [0.2, 0.25) is 0 Å². The van der Waals surface area contributed by atoms with Crippen LogP contribution >= 0.6 is 23.1 Å². The van der Waals surface area contributed by atoms with E-state index in [9.17, 15) is 9.59 Å². The second kappa shape index (κ2) is 10.8. The maximum absolute atomic E-state index is 13.3. The van der Waals surface area contributed by atoms with Crippen LogP contribution in [0.15, 0.2) is 69.9 Å². The summed E-state index contributed by atoms with van der Waals surface area (Å²) in [5.74, 6) is 1.16. The topological polar surface area (TPSA) is 82.5 Å². The lowest BCUT2D eigenvalue weighted by Gasteiger charge is -2.18. The molecule has 2 heterocycles. The fourth-order valence-corrected chi connectivity index (χ4v) is 5.27. The van der Waals surface area contributed by atoms with Gasteiger partial charge in [0.15, 0.2) is 5.16 Å². The second-order valence-corrected chi connectivity index (χ2v) is 9.56. The number of ether oxygens (including phenoxy) is 2. The summed E-state index contributed by atoms with van der Waals surface area (Å²) in [6, 6.07) is 16.7. The Labute approximate surface area is 205 Å². The zero-order valence-electron chi connectivity index (χ0n) is 19.1. The van der Waals surface area contributed by atoms with Gasteiger partial charge in [-0.15, -0.1) is 11.3 Å². The Kier molecular flexibility index (Phi) is 7.54. The number of thioether (sulfide) groups is 1. The van der Waals surface area contributed by atoms with E-state index < -0.39 is 5.25 Å². The first kappa shape index (κ1) is 23.8. The van der Waals surface area contributed by atoms with Crippen LogP contribution < -0.4 is 20.3 Å². The number of hydrogen-bond acceptors (Lipinski definition) is 7. The van der Waals surface area contributed by atoms with Crippen molar-refractivity contribution in [3.63, 3.8) is 0 Å². The summed E-state index contributed by atoms with van der Waals surface area (Å²) < 4.78 is 12.8. The molecule has 4 rings (SSSR count). The van der Waals surface area contributed by atoms with Gasteiger partial charge in [-0.1, -0.05) is 43.0 Å².